The molecule has 1 heterocycles. The van der Waals surface area contributed by atoms with Gasteiger partial charge in [0.1, 0.15) is 11.3 Å². The predicted octanol–water partition coefficient (Wildman–Crippen LogP) is 5.06. The molecular weight excluding hydrogens is 258 g/mol. The van der Waals surface area contributed by atoms with Crippen LogP contribution in [0.3, 0.4) is 0 Å². The first-order chi connectivity index (χ1) is 10.4. The van der Waals surface area contributed by atoms with Crippen molar-refractivity contribution in [1.82, 2.24) is 5.32 Å². The van der Waals surface area contributed by atoms with Gasteiger partial charge < -0.3 is 9.73 Å². The van der Waals surface area contributed by atoms with Gasteiger partial charge in [-0.25, -0.2) is 0 Å². The Morgan fingerprint density at radius 1 is 1.19 bits per heavy atom. The molecule has 0 unspecified atom stereocenters. The molecule has 1 saturated carbocycles. The van der Waals surface area contributed by atoms with Crippen LogP contribution < -0.4 is 5.32 Å². The third kappa shape index (κ3) is 3.49. The molecule has 3 rings (SSSR count). The van der Waals surface area contributed by atoms with E-state index in [-0.39, 0.29) is 0 Å². The fourth-order valence-electron chi connectivity index (χ4n) is 3.66. The number of benzene rings is 1. The van der Waals surface area contributed by atoms with Crippen LogP contribution >= 0.6 is 0 Å². The van der Waals surface area contributed by atoms with E-state index in [1.54, 1.807) is 0 Å². The van der Waals surface area contributed by atoms with Gasteiger partial charge in [0, 0.05) is 23.9 Å². The molecule has 0 radical (unpaired) electrons. The summed E-state index contributed by atoms with van der Waals surface area (Å²) in [5.74, 6) is 2.15. The van der Waals surface area contributed by atoms with E-state index >= 15 is 0 Å². The molecule has 1 aromatic heterocycles. The predicted molar refractivity (Wildman–Crippen MR) is 88.5 cm³/mol. The van der Waals surface area contributed by atoms with Gasteiger partial charge in [0.2, 0.25) is 0 Å². The lowest BCUT2D eigenvalue weighted by Crippen LogP contribution is -2.16. The highest BCUT2D eigenvalue weighted by Gasteiger charge is 2.14. The minimum atomic E-state index is 0.935. The minimum absolute atomic E-state index is 0.935. The first-order valence-corrected chi connectivity index (χ1v) is 8.58. The van der Waals surface area contributed by atoms with Crippen LogP contribution in [0.1, 0.15) is 56.8 Å². The summed E-state index contributed by atoms with van der Waals surface area (Å²) in [6, 6.07) is 8.39. The maximum Gasteiger partial charge on any atom is 0.134 e. The summed E-state index contributed by atoms with van der Waals surface area (Å²) in [7, 11) is 0. The molecule has 2 nitrogen and oxygen atoms in total. The Balaban J connectivity index is 1.52. The van der Waals surface area contributed by atoms with Gasteiger partial charge >= 0.3 is 0 Å². The first-order valence-electron chi connectivity index (χ1n) is 8.58. The summed E-state index contributed by atoms with van der Waals surface area (Å²) in [4.78, 5) is 0. The Bertz CT molecular complexity index is 566. The molecular formula is C19H27NO. The van der Waals surface area contributed by atoms with Crippen molar-refractivity contribution < 1.29 is 4.42 Å². The second-order valence-electron chi connectivity index (χ2n) is 6.32. The van der Waals surface area contributed by atoms with Gasteiger partial charge in [-0.2, -0.15) is 0 Å². The van der Waals surface area contributed by atoms with E-state index < -0.39 is 0 Å². The van der Waals surface area contributed by atoms with Crippen molar-refractivity contribution in [2.75, 3.05) is 6.54 Å². The Kier molecular flexibility index (Phi) is 4.97. The summed E-state index contributed by atoms with van der Waals surface area (Å²) in [6.07, 6.45) is 9.52. The van der Waals surface area contributed by atoms with E-state index in [0.717, 1.165) is 36.8 Å². The molecule has 1 N–H and O–H groups in total. The molecule has 0 amide bonds. The highest BCUT2D eigenvalue weighted by molar-refractivity contribution is 5.82. The number of hydrogen-bond donors (Lipinski definition) is 1. The first kappa shape index (κ1) is 14.6. The number of aryl methyl sites for hydroxylation is 1. The van der Waals surface area contributed by atoms with Crippen LogP contribution in [0.4, 0.5) is 0 Å². The van der Waals surface area contributed by atoms with Gasteiger partial charge in [0.15, 0.2) is 0 Å². The standard InChI is InChI=1S/C19H27NO/c1-2-18-17(16-11-5-6-12-19(16)21-18)14-20-13-7-10-15-8-3-4-9-15/h5-6,11-12,15,20H,2-4,7-10,13-14H2,1H3. The summed E-state index contributed by atoms with van der Waals surface area (Å²) >= 11 is 0. The molecule has 0 spiro atoms. The van der Waals surface area contributed by atoms with E-state index in [1.165, 1.54) is 49.5 Å². The zero-order chi connectivity index (χ0) is 14.5. The van der Waals surface area contributed by atoms with Crippen molar-refractivity contribution in [3.05, 3.63) is 35.6 Å². The Morgan fingerprint density at radius 2 is 2.00 bits per heavy atom. The topological polar surface area (TPSA) is 25.2 Å². The largest absolute Gasteiger partial charge is 0.461 e. The normalized spacial score (nSPS) is 16.0. The van der Waals surface area contributed by atoms with E-state index in [1.807, 2.05) is 6.07 Å². The maximum absolute atomic E-state index is 5.95. The molecule has 1 aromatic carbocycles. The number of hydrogen-bond acceptors (Lipinski definition) is 2. The second-order valence-corrected chi connectivity index (χ2v) is 6.32. The molecule has 1 aliphatic rings. The quantitative estimate of drug-likeness (QED) is 0.720. The molecule has 0 bridgehead atoms. The van der Waals surface area contributed by atoms with Crippen LogP contribution in [0.2, 0.25) is 0 Å². The second kappa shape index (κ2) is 7.13. The van der Waals surface area contributed by atoms with Gasteiger partial charge in [-0.1, -0.05) is 50.8 Å². The van der Waals surface area contributed by atoms with Crippen LogP contribution in [0, 0.1) is 5.92 Å². The average molecular weight is 285 g/mol. The lowest BCUT2D eigenvalue weighted by molar-refractivity contribution is 0.469. The fourth-order valence-corrected chi connectivity index (χ4v) is 3.66. The van der Waals surface area contributed by atoms with Gasteiger partial charge in [-0.3, -0.25) is 0 Å². The third-order valence-electron chi connectivity index (χ3n) is 4.85. The van der Waals surface area contributed by atoms with Crippen molar-refractivity contribution in [2.45, 2.75) is 58.4 Å². The van der Waals surface area contributed by atoms with Crippen LogP contribution in [0.15, 0.2) is 28.7 Å². The van der Waals surface area contributed by atoms with E-state index in [2.05, 4.69) is 30.4 Å². The molecule has 1 fully saturated rings. The molecule has 0 atom stereocenters. The van der Waals surface area contributed by atoms with Crippen molar-refractivity contribution in [1.29, 1.82) is 0 Å². The SMILES string of the molecule is CCc1oc2ccccc2c1CNCCCC1CCCC1. The summed E-state index contributed by atoms with van der Waals surface area (Å²) in [6.45, 7) is 4.23. The van der Waals surface area contributed by atoms with Crippen molar-refractivity contribution in [2.24, 2.45) is 5.92 Å². The summed E-state index contributed by atoms with van der Waals surface area (Å²) in [5.41, 5.74) is 2.38. The number of nitrogens with one attached hydrogen (secondary N) is 1. The lowest BCUT2D eigenvalue weighted by atomic mass is 10.0. The smallest absolute Gasteiger partial charge is 0.134 e. The zero-order valence-electron chi connectivity index (χ0n) is 13.2. The van der Waals surface area contributed by atoms with E-state index in [4.69, 9.17) is 4.42 Å². The molecule has 21 heavy (non-hydrogen) atoms. The number of para-hydroxylation sites is 1. The monoisotopic (exact) mass is 285 g/mol. The molecule has 0 aliphatic heterocycles. The molecule has 2 heteroatoms. The Hall–Kier alpha value is -1.28. The fraction of sp³-hybridized carbons (Fsp3) is 0.579. The Morgan fingerprint density at radius 3 is 2.81 bits per heavy atom. The van der Waals surface area contributed by atoms with E-state index in [0.29, 0.717) is 0 Å². The summed E-state index contributed by atoms with van der Waals surface area (Å²) < 4.78 is 5.95. The summed E-state index contributed by atoms with van der Waals surface area (Å²) in [5, 5.41) is 4.89. The molecule has 0 saturated heterocycles. The average Bonchev–Trinajstić information content (AvgIpc) is 3.14. The van der Waals surface area contributed by atoms with Gasteiger partial charge in [0.25, 0.3) is 0 Å². The van der Waals surface area contributed by atoms with Gasteiger partial charge in [-0.05, 0) is 31.4 Å². The van der Waals surface area contributed by atoms with Crippen LogP contribution in [0.25, 0.3) is 11.0 Å². The van der Waals surface area contributed by atoms with Crippen molar-refractivity contribution >= 4 is 11.0 Å². The molecule has 2 aromatic rings. The Labute approximate surface area is 127 Å². The third-order valence-corrected chi connectivity index (χ3v) is 4.85. The minimum Gasteiger partial charge on any atom is -0.461 e. The van der Waals surface area contributed by atoms with Gasteiger partial charge in [-0.15, -0.1) is 0 Å². The highest BCUT2D eigenvalue weighted by Crippen LogP contribution is 2.28. The zero-order valence-corrected chi connectivity index (χ0v) is 13.2. The number of fused-ring (bicyclic) bond motifs is 1. The molecule has 1 aliphatic carbocycles. The number of furan rings is 1. The van der Waals surface area contributed by atoms with Crippen molar-refractivity contribution in [3.8, 4) is 0 Å². The van der Waals surface area contributed by atoms with E-state index in [9.17, 15) is 0 Å². The maximum atomic E-state index is 5.95. The molecule has 114 valence electrons. The number of rotatable bonds is 7. The van der Waals surface area contributed by atoms with Crippen molar-refractivity contribution in [3.63, 3.8) is 0 Å². The van der Waals surface area contributed by atoms with Crippen LogP contribution in [-0.2, 0) is 13.0 Å². The van der Waals surface area contributed by atoms with Crippen LogP contribution in [0.5, 0.6) is 0 Å². The highest BCUT2D eigenvalue weighted by atomic mass is 16.3. The lowest BCUT2D eigenvalue weighted by Gasteiger charge is -2.09. The van der Waals surface area contributed by atoms with Gasteiger partial charge in [0.05, 0.1) is 0 Å². The van der Waals surface area contributed by atoms with Crippen LogP contribution in [-0.4, -0.2) is 6.54 Å².